The molecule has 10 heteroatoms. The lowest BCUT2D eigenvalue weighted by Crippen LogP contribution is -2.53. The SMILES string of the molecule is COc1cc(OC)cc(-c2cncc(-c3ccc(C(F)(F)F)cc3OC)c2N2CCC(NC3COC3)CC2)c1. The van der Waals surface area contributed by atoms with Gasteiger partial charge < -0.3 is 29.2 Å². The molecule has 0 amide bonds. The highest BCUT2D eigenvalue weighted by Crippen LogP contribution is 2.45. The number of nitrogens with one attached hydrogen (secondary N) is 1. The first-order valence-electron chi connectivity index (χ1n) is 12.9. The molecule has 2 aliphatic heterocycles. The number of alkyl halides is 3. The third-order valence-corrected chi connectivity index (χ3v) is 7.32. The largest absolute Gasteiger partial charge is 0.497 e. The first-order chi connectivity index (χ1) is 18.8. The van der Waals surface area contributed by atoms with Crippen LogP contribution in [0.3, 0.4) is 0 Å². The minimum absolute atomic E-state index is 0.134. The Kier molecular flexibility index (Phi) is 7.86. The van der Waals surface area contributed by atoms with E-state index >= 15 is 0 Å². The summed E-state index contributed by atoms with van der Waals surface area (Å²) in [6, 6.07) is 9.96. The summed E-state index contributed by atoms with van der Waals surface area (Å²) in [6.45, 7) is 3.01. The molecule has 0 spiro atoms. The fourth-order valence-corrected chi connectivity index (χ4v) is 5.19. The number of benzene rings is 2. The molecule has 0 atom stereocenters. The Labute approximate surface area is 225 Å². The molecule has 2 aromatic carbocycles. The Hall–Kier alpha value is -3.50. The van der Waals surface area contributed by atoms with Gasteiger partial charge in [0, 0.05) is 54.3 Å². The summed E-state index contributed by atoms with van der Waals surface area (Å²) in [7, 11) is 4.56. The molecule has 3 aromatic rings. The Morgan fingerprint density at radius 2 is 1.51 bits per heavy atom. The van der Waals surface area contributed by atoms with Crippen LogP contribution in [0.2, 0.25) is 0 Å². The molecule has 0 unspecified atom stereocenters. The van der Waals surface area contributed by atoms with E-state index in [1.807, 2.05) is 12.1 Å². The standard InChI is InChI=1S/C29H32F3N3O4/c1-36-22-10-18(11-23(13-22)37-2)25-14-33-15-26(24-5-4-19(29(30,31)32)12-27(24)38-3)28(25)35-8-6-20(7-9-35)34-21-16-39-17-21/h4-5,10-15,20-21,34H,6-9,16-17H2,1-3H3. The van der Waals surface area contributed by atoms with Crippen LogP contribution in [0.15, 0.2) is 48.8 Å². The van der Waals surface area contributed by atoms with Gasteiger partial charge in [-0.15, -0.1) is 0 Å². The maximum absolute atomic E-state index is 13.5. The highest BCUT2D eigenvalue weighted by Gasteiger charge is 2.33. The number of pyridine rings is 1. The van der Waals surface area contributed by atoms with Gasteiger partial charge in [-0.2, -0.15) is 13.2 Å². The number of ether oxygens (including phenoxy) is 4. The van der Waals surface area contributed by atoms with E-state index in [1.54, 1.807) is 32.7 Å². The zero-order valence-corrected chi connectivity index (χ0v) is 22.2. The quantitative estimate of drug-likeness (QED) is 0.407. The van der Waals surface area contributed by atoms with E-state index in [-0.39, 0.29) is 5.75 Å². The van der Waals surface area contributed by atoms with Crippen LogP contribution in [0.4, 0.5) is 18.9 Å². The van der Waals surface area contributed by atoms with Crippen LogP contribution in [-0.2, 0) is 10.9 Å². The Morgan fingerprint density at radius 1 is 0.846 bits per heavy atom. The lowest BCUT2D eigenvalue weighted by Gasteiger charge is -2.39. The Morgan fingerprint density at radius 3 is 2.08 bits per heavy atom. The number of piperidine rings is 1. The van der Waals surface area contributed by atoms with Crippen molar-refractivity contribution in [2.75, 3.05) is 52.5 Å². The minimum Gasteiger partial charge on any atom is -0.497 e. The van der Waals surface area contributed by atoms with Gasteiger partial charge in [0.15, 0.2) is 0 Å². The second kappa shape index (κ2) is 11.3. The molecule has 0 radical (unpaired) electrons. The van der Waals surface area contributed by atoms with Crippen LogP contribution >= 0.6 is 0 Å². The van der Waals surface area contributed by atoms with Gasteiger partial charge in [0.25, 0.3) is 0 Å². The predicted molar refractivity (Wildman–Crippen MR) is 143 cm³/mol. The number of nitrogens with zero attached hydrogens (tertiary/aromatic N) is 2. The summed E-state index contributed by atoms with van der Waals surface area (Å²) in [6.07, 6.45) is 0.829. The zero-order valence-electron chi connectivity index (χ0n) is 22.2. The lowest BCUT2D eigenvalue weighted by molar-refractivity contribution is -0.137. The molecule has 39 heavy (non-hydrogen) atoms. The van der Waals surface area contributed by atoms with E-state index in [0.717, 1.165) is 68.1 Å². The molecule has 7 nitrogen and oxygen atoms in total. The molecule has 2 aliphatic rings. The van der Waals surface area contributed by atoms with Crippen LogP contribution in [0, 0.1) is 0 Å². The average molecular weight is 544 g/mol. The van der Waals surface area contributed by atoms with Crippen molar-refractivity contribution in [3.05, 3.63) is 54.4 Å². The van der Waals surface area contributed by atoms with E-state index < -0.39 is 11.7 Å². The van der Waals surface area contributed by atoms with Crippen LogP contribution in [-0.4, -0.2) is 64.7 Å². The molecule has 208 valence electrons. The van der Waals surface area contributed by atoms with Crippen molar-refractivity contribution in [2.24, 2.45) is 0 Å². The van der Waals surface area contributed by atoms with Crippen molar-refractivity contribution < 1.29 is 32.1 Å². The van der Waals surface area contributed by atoms with Gasteiger partial charge in [-0.05, 0) is 48.7 Å². The van der Waals surface area contributed by atoms with E-state index in [1.165, 1.54) is 13.2 Å². The molecule has 2 saturated heterocycles. The third kappa shape index (κ3) is 5.77. The molecule has 1 aromatic heterocycles. The van der Waals surface area contributed by atoms with Gasteiger partial charge in [-0.25, -0.2) is 0 Å². The molecular weight excluding hydrogens is 511 g/mol. The van der Waals surface area contributed by atoms with E-state index in [9.17, 15) is 13.2 Å². The van der Waals surface area contributed by atoms with Gasteiger partial charge in [0.1, 0.15) is 17.2 Å². The van der Waals surface area contributed by atoms with Gasteiger partial charge in [-0.1, -0.05) is 0 Å². The second-order valence-corrected chi connectivity index (χ2v) is 9.76. The van der Waals surface area contributed by atoms with Crippen LogP contribution in [0.25, 0.3) is 22.3 Å². The monoisotopic (exact) mass is 543 g/mol. The Bertz CT molecular complexity index is 1280. The smallest absolute Gasteiger partial charge is 0.416 e. The van der Waals surface area contributed by atoms with E-state index in [4.69, 9.17) is 18.9 Å². The van der Waals surface area contributed by atoms with Gasteiger partial charge in [0.05, 0.1) is 51.8 Å². The maximum Gasteiger partial charge on any atom is 0.416 e. The molecule has 0 aliphatic carbocycles. The first kappa shape index (κ1) is 27.1. The average Bonchev–Trinajstić information content (AvgIpc) is 2.93. The zero-order chi connectivity index (χ0) is 27.6. The fourth-order valence-electron chi connectivity index (χ4n) is 5.19. The summed E-state index contributed by atoms with van der Waals surface area (Å²) < 4.78 is 62.2. The lowest BCUT2D eigenvalue weighted by atomic mass is 9.94. The van der Waals surface area contributed by atoms with E-state index in [2.05, 4.69) is 15.2 Å². The van der Waals surface area contributed by atoms with Crippen molar-refractivity contribution >= 4 is 5.69 Å². The van der Waals surface area contributed by atoms with Gasteiger partial charge in [-0.3, -0.25) is 4.98 Å². The molecular formula is C29H32F3N3O4. The normalized spacial score (nSPS) is 16.6. The predicted octanol–water partition coefficient (Wildman–Crippen LogP) is 5.42. The number of aromatic nitrogens is 1. The highest BCUT2D eigenvalue weighted by atomic mass is 19.4. The van der Waals surface area contributed by atoms with Crippen molar-refractivity contribution in [3.8, 4) is 39.5 Å². The summed E-state index contributed by atoms with van der Waals surface area (Å²) in [5, 5.41) is 3.67. The van der Waals surface area contributed by atoms with Crippen LogP contribution in [0.5, 0.6) is 17.2 Å². The number of methoxy groups -OCH3 is 3. The molecule has 2 fully saturated rings. The van der Waals surface area contributed by atoms with Crippen molar-refractivity contribution in [1.29, 1.82) is 0 Å². The fraction of sp³-hybridized carbons (Fsp3) is 0.414. The molecule has 3 heterocycles. The summed E-state index contributed by atoms with van der Waals surface area (Å²) in [5.74, 6) is 1.38. The highest BCUT2D eigenvalue weighted by molar-refractivity contribution is 5.92. The second-order valence-electron chi connectivity index (χ2n) is 9.76. The maximum atomic E-state index is 13.5. The topological polar surface area (TPSA) is 65.1 Å². The van der Waals surface area contributed by atoms with Crippen LogP contribution < -0.4 is 24.4 Å². The number of hydrogen-bond donors (Lipinski definition) is 1. The summed E-state index contributed by atoms with van der Waals surface area (Å²) >= 11 is 0. The summed E-state index contributed by atoms with van der Waals surface area (Å²) in [5.41, 5.74) is 3.00. The van der Waals surface area contributed by atoms with Crippen molar-refractivity contribution in [1.82, 2.24) is 10.3 Å². The molecule has 5 rings (SSSR count). The Balaban J connectivity index is 1.60. The molecule has 0 saturated carbocycles. The van der Waals surface area contributed by atoms with Gasteiger partial charge >= 0.3 is 6.18 Å². The minimum atomic E-state index is -4.48. The molecule has 1 N–H and O–H groups in total. The third-order valence-electron chi connectivity index (χ3n) is 7.32. The number of hydrogen-bond acceptors (Lipinski definition) is 7. The van der Waals surface area contributed by atoms with Gasteiger partial charge in [0.2, 0.25) is 0 Å². The van der Waals surface area contributed by atoms with Crippen molar-refractivity contribution in [2.45, 2.75) is 31.1 Å². The number of anilines is 1. The number of halogens is 3. The molecule has 0 bridgehead atoms. The summed E-state index contributed by atoms with van der Waals surface area (Å²) in [4.78, 5) is 6.79. The van der Waals surface area contributed by atoms with E-state index in [0.29, 0.717) is 34.7 Å². The number of rotatable bonds is 8. The van der Waals surface area contributed by atoms with Crippen LogP contribution in [0.1, 0.15) is 18.4 Å². The first-order valence-corrected chi connectivity index (χ1v) is 12.9. The van der Waals surface area contributed by atoms with Crippen molar-refractivity contribution in [3.63, 3.8) is 0 Å².